The molecule has 0 aliphatic rings. The number of hydrogen-bond donors (Lipinski definition) is 3. The average Bonchev–Trinajstić information content (AvgIpc) is 2.25. The van der Waals surface area contributed by atoms with Gasteiger partial charge in [-0.3, -0.25) is 4.79 Å². The lowest BCUT2D eigenvalue weighted by atomic mass is 10.2. The van der Waals surface area contributed by atoms with E-state index in [1.165, 1.54) is 12.1 Å². The van der Waals surface area contributed by atoms with Gasteiger partial charge in [0.05, 0.1) is 16.3 Å². The topological polar surface area (TPSA) is 115 Å². The van der Waals surface area contributed by atoms with Crippen LogP contribution in [0.15, 0.2) is 29.2 Å². The first kappa shape index (κ1) is 14.6. The lowest BCUT2D eigenvalue weighted by Gasteiger charge is -2.05. The number of carbonyl (C=O) groups is 1. The Balaban J connectivity index is 2.60. The Morgan fingerprint density at radius 1 is 1.28 bits per heavy atom. The van der Waals surface area contributed by atoms with Crippen LogP contribution in [0.2, 0.25) is 0 Å². The third kappa shape index (κ3) is 4.78. The Morgan fingerprint density at radius 3 is 2.28 bits per heavy atom. The van der Waals surface area contributed by atoms with Crippen molar-refractivity contribution < 1.29 is 13.2 Å². The molecule has 0 spiro atoms. The number of benzene rings is 1. The van der Waals surface area contributed by atoms with Crippen LogP contribution in [-0.2, 0) is 21.4 Å². The molecule has 1 aromatic carbocycles. The SMILES string of the molecule is NC(=S)CC(=O)NCc1ccc(S(N)(=O)=O)cc1. The predicted octanol–water partition coefficient (Wildman–Crippen LogP) is -0.374. The first-order chi connectivity index (χ1) is 8.29. The molecule has 5 N–H and O–H groups in total. The lowest BCUT2D eigenvalue weighted by Crippen LogP contribution is -2.27. The van der Waals surface area contributed by atoms with E-state index < -0.39 is 10.0 Å². The molecule has 0 heterocycles. The van der Waals surface area contributed by atoms with Crippen LogP contribution in [0.3, 0.4) is 0 Å². The molecule has 0 radical (unpaired) electrons. The Labute approximate surface area is 110 Å². The van der Waals surface area contributed by atoms with Crippen LogP contribution in [0.5, 0.6) is 0 Å². The van der Waals surface area contributed by atoms with Crippen molar-refractivity contribution in [3.63, 3.8) is 0 Å². The largest absolute Gasteiger partial charge is 0.393 e. The van der Waals surface area contributed by atoms with Gasteiger partial charge in [-0.15, -0.1) is 0 Å². The van der Waals surface area contributed by atoms with Gasteiger partial charge in [-0.25, -0.2) is 13.6 Å². The zero-order valence-electron chi connectivity index (χ0n) is 9.42. The van der Waals surface area contributed by atoms with E-state index in [1.807, 2.05) is 0 Å². The fraction of sp³-hybridized carbons (Fsp3) is 0.200. The zero-order valence-corrected chi connectivity index (χ0v) is 11.1. The fourth-order valence-corrected chi connectivity index (χ4v) is 1.86. The summed E-state index contributed by atoms with van der Waals surface area (Å²) in [6.45, 7) is 0.270. The fourth-order valence-electron chi connectivity index (χ4n) is 1.22. The normalized spacial score (nSPS) is 10.9. The summed E-state index contributed by atoms with van der Waals surface area (Å²) in [6.07, 6.45) is -0.00933. The highest BCUT2D eigenvalue weighted by Crippen LogP contribution is 2.08. The first-order valence-electron chi connectivity index (χ1n) is 4.96. The number of carbonyl (C=O) groups excluding carboxylic acids is 1. The molecule has 8 heteroatoms. The maximum Gasteiger partial charge on any atom is 0.238 e. The molecule has 0 unspecified atom stereocenters. The summed E-state index contributed by atoms with van der Waals surface area (Å²) in [6, 6.07) is 5.90. The Kier molecular flexibility index (Phi) is 4.76. The van der Waals surface area contributed by atoms with Crippen LogP contribution in [0.1, 0.15) is 12.0 Å². The molecular weight excluding hydrogens is 274 g/mol. The second-order valence-electron chi connectivity index (χ2n) is 3.61. The van der Waals surface area contributed by atoms with Crippen molar-refractivity contribution in [3.05, 3.63) is 29.8 Å². The molecular formula is C10H13N3O3S2. The molecule has 1 rings (SSSR count). The van der Waals surface area contributed by atoms with Gasteiger partial charge in [-0.1, -0.05) is 24.4 Å². The van der Waals surface area contributed by atoms with Crippen molar-refractivity contribution in [2.75, 3.05) is 0 Å². The molecule has 6 nitrogen and oxygen atoms in total. The van der Waals surface area contributed by atoms with E-state index in [2.05, 4.69) is 17.5 Å². The predicted molar refractivity (Wildman–Crippen MR) is 71.1 cm³/mol. The molecule has 0 saturated heterocycles. The Bertz CT molecular complexity index is 552. The second kappa shape index (κ2) is 5.89. The van der Waals surface area contributed by atoms with Crippen molar-refractivity contribution in [2.45, 2.75) is 17.9 Å². The standard InChI is InChI=1S/C10H13N3O3S2/c11-9(17)5-10(14)13-6-7-1-3-8(4-2-7)18(12,15)16/h1-4H,5-6H2,(H2,11,17)(H,13,14)(H2,12,15,16). The number of rotatable bonds is 5. The number of primary sulfonamides is 1. The monoisotopic (exact) mass is 287 g/mol. The number of nitrogens with two attached hydrogens (primary N) is 2. The highest BCUT2D eigenvalue weighted by atomic mass is 32.2. The van der Waals surface area contributed by atoms with Crippen LogP contribution >= 0.6 is 12.2 Å². The summed E-state index contributed by atoms with van der Waals surface area (Å²) < 4.78 is 22.0. The van der Waals surface area contributed by atoms with Gasteiger partial charge in [0.2, 0.25) is 15.9 Å². The van der Waals surface area contributed by atoms with Gasteiger partial charge in [0.15, 0.2) is 0 Å². The molecule has 0 aromatic heterocycles. The third-order valence-corrected chi connectivity index (χ3v) is 3.15. The minimum absolute atomic E-state index is 0.00933. The Morgan fingerprint density at radius 2 is 1.83 bits per heavy atom. The van der Waals surface area contributed by atoms with Crippen molar-refractivity contribution in [1.29, 1.82) is 0 Å². The molecule has 1 aromatic rings. The van der Waals surface area contributed by atoms with Gasteiger partial charge in [0.25, 0.3) is 0 Å². The van der Waals surface area contributed by atoms with E-state index >= 15 is 0 Å². The molecule has 18 heavy (non-hydrogen) atoms. The van der Waals surface area contributed by atoms with Gasteiger partial charge in [0, 0.05) is 6.54 Å². The Hall–Kier alpha value is -1.51. The molecule has 0 aliphatic carbocycles. The maximum absolute atomic E-state index is 11.3. The molecule has 98 valence electrons. The van der Waals surface area contributed by atoms with E-state index in [-0.39, 0.29) is 28.8 Å². The highest BCUT2D eigenvalue weighted by Gasteiger charge is 2.07. The van der Waals surface area contributed by atoms with Crippen molar-refractivity contribution in [2.24, 2.45) is 10.9 Å². The maximum atomic E-state index is 11.3. The zero-order chi connectivity index (χ0) is 13.8. The summed E-state index contributed by atoms with van der Waals surface area (Å²) >= 11 is 4.60. The minimum atomic E-state index is -3.69. The van der Waals surface area contributed by atoms with Crippen LogP contribution in [0.4, 0.5) is 0 Å². The number of hydrogen-bond acceptors (Lipinski definition) is 4. The van der Waals surface area contributed by atoms with Crippen molar-refractivity contribution in [3.8, 4) is 0 Å². The summed E-state index contributed by atoms with van der Waals surface area (Å²) in [5, 5.41) is 7.56. The molecule has 0 aliphatic heterocycles. The van der Waals surface area contributed by atoms with Gasteiger partial charge in [0.1, 0.15) is 0 Å². The molecule has 0 fully saturated rings. The number of nitrogens with one attached hydrogen (secondary N) is 1. The number of amides is 1. The summed E-state index contributed by atoms with van der Waals surface area (Å²) in [4.78, 5) is 11.4. The summed E-state index contributed by atoms with van der Waals surface area (Å²) in [7, 11) is -3.69. The van der Waals surface area contributed by atoms with E-state index in [1.54, 1.807) is 12.1 Å². The van der Waals surface area contributed by atoms with E-state index in [9.17, 15) is 13.2 Å². The molecule has 0 bridgehead atoms. The van der Waals surface area contributed by atoms with Gasteiger partial charge in [-0.05, 0) is 17.7 Å². The quantitative estimate of drug-likeness (QED) is 0.639. The summed E-state index contributed by atoms with van der Waals surface area (Å²) in [5.41, 5.74) is 5.97. The molecule has 0 atom stereocenters. The number of sulfonamides is 1. The van der Waals surface area contributed by atoms with Crippen molar-refractivity contribution in [1.82, 2.24) is 5.32 Å². The van der Waals surface area contributed by atoms with Crippen molar-refractivity contribution >= 4 is 33.1 Å². The van der Waals surface area contributed by atoms with E-state index in [0.717, 1.165) is 5.56 Å². The van der Waals surface area contributed by atoms with Gasteiger partial charge in [-0.2, -0.15) is 0 Å². The van der Waals surface area contributed by atoms with E-state index in [0.29, 0.717) is 0 Å². The molecule has 1 amide bonds. The second-order valence-corrected chi connectivity index (χ2v) is 5.69. The smallest absolute Gasteiger partial charge is 0.238 e. The average molecular weight is 287 g/mol. The first-order valence-corrected chi connectivity index (χ1v) is 6.91. The van der Waals surface area contributed by atoms with Crippen LogP contribution in [0.25, 0.3) is 0 Å². The number of thiocarbonyl (C=S) groups is 1. The van der Waals surface area contributed by atoms with Crippen LogP contribution in [-0.4, -0.2) is 19.3 Å². The van der Waals surface area contributed by atoms with E-state index in [4.69, 9.17) is 10.9 Å². The highest BCUT2D eigenvalue weighted by molar-refractivity contribution is 7.89. The minimum Gasteiger partial charge on any atom is -0.393 e. The third-order valence-electron chi connectivity index (χ3n) is 2.08. The molecule has 0 saturated carbocycles. The summed E-state index contributed by atoms with van der Waals surface area (Å²) in [5.74, 6) is -0.280. The van der Waals surface area contributed by atoms with Gasteiger partial charge >= 0.3 is 0 Å². The van der Waals surface area contributed by atoms with Crippen LogP contribution in [0, 0.1) is 0 Å². The van der Waals surface area contributed by atoms with Gasteiger partial charge < -0.3 is 11.1 Å². The lowest BCUT2D eigenvalue weighted by molar-refractivity contribution is -0.120. The van der Waals surface area contributed by atoms with Crippen LogP contribution < -0.4 is 16.2 Å².